The molecule has 3 rings (SSSR count). The predicted molar refractivity (Wildman–Crippen MR) is 100 cm³/mol. The quantitative estimate of drug-likeness (QED) is 0.651. The van der Waals surface area contributed by atoms with E-state index < -0.39 is 0 Å². The molecule has 0 saturated heterocycles. The van der Waals surface area contributed by atoms with Gasteiger partial charge in [-0.25, -0.2) is 9.37 Å². The molecule has 6 nitrogen and oxygen atoms in total. The first-order chi connectivity index (χ1) is 13.1. The van der Waals surface area contributed by atoms with E-state index in [-0.39, 0.29) is 11.7 Å². The second-order valence-corrected chi connectivity index (χ2v) is 5.83. The van der Waals surface area contributed by atoms with Gasteiger partial charge in [-0.1, -0.05) is 0 Å². The van der Waals surface area contributed by atoms with Crippen LogP contribution < -0.4 is 14.8 Å². The lowest BCUT2D eigenvalue weighted by Crippen LogP contribution is -2.23. The Morgan fingerprint density at radius 1 is 1.22 bits per heavy atom. The van der Waals surface area contributed by atoms with Crippen molar-refractivity contribution in [1.82, 2.24) is 14.7 Å². The van der Waals surface area contributed by atoms with E-state index in [4.69, 9.17) is 9.47 Å². The van der Waals surface area contributed by atoms with Gasteiger partial charge in [-0.05, 0) is 36.4 Å². The summed E-state index contributed by atoms with van der Waals surface area (Å²) in [7, 11) is 3.15. The summed E-state index contributed by atoms with van der Waals surface area (Å²) in [5.41, 5.74) is 2.19. The third-order valence-electron chi connectivity index (χ3n) is 4.00. The minimum Gasteiger partial charge on any atom is -0.497 e. The second-order valence-electron chi connectivity index (χ2n) is 5.83. The lowest BCUT2D eigenvalue weighted by Gasteiger charge is -2.07. The van der Waals surface area contributed by atoms with Crippen molar-refractivity contribution in [2.45, 2.75) is 6.42 Å². The van der Waals surface area contributed by atoms with Crippen LogP contribution in [0.5, 0.6) is 11.5 Å². The minimum absolute atomic E-state index is 0.227. The average Bonchev–Trinajstić information content (AvgIpc) is 3.07. The van der Waals surface area contributed by atoms with Crippen LogP contribution in [0.1, 0.15) is 11.3 Å². The highest BCUT2D eigenvalue weighted by atomic mass is 19.1. The highest BCUT2D eigenvalue weighted by molar-refractivity contribution is 5.92. The van der Waals surface area contributed by atoms with Crippen LogP contribution in [0.3, 0.4) is 0 Å². The van der Waals surface area contributed by atoms with Gasteiger partial charge in [0.15, 0.2) is 0 Å². The Kier molecular flexibility index (Phi) is 5.71. The van der Waals surface area contributed by atoms with Crippen LogP contribution in [0.2, 0.25) is 0 Å². The van der Waals surface area contributed by atoms with Gasteiger partial charge in [0.05, 0.1) is 19.9 Å². The number of benzene rings is 1. The van der Waals surface area contributed by atoms with Crippen molar-refractivity contribution in [1.29, 1.82) is 0 Å². The van der Waals surface area contributed by atoms with Gasteiger partial charge in [-0.15, -0.1) is 0 Å². The van der Waals surface area contributed by atoms with Crippen molar-refractivity contribution in [2.24, 2.45) is 0 Å². The first-order valence-electron chi connectivity index (χ1n) is 8.40. The zero-order valence-corrected chi connectivity index (χ0v) is 15.1. The monoisotopic (exact) mass is 369 g/mol. The van der Waals surface area contributed by atoms with Gasteiger partial charge in [0, 0.05) is 37.0 Å². The maximum atomic E-state index is 13.2. The SMILES string of the molecule is COc1ccc(OC)c(/C=C/C(=O)NCCc2cn3cc(F)ccc3n2)c1. The maximum Gasteiger partial charge on any atom is 0.244 e. The molecule has 2 heterocycles. The van der Waals surface area contributed by atoms with Crippen LogP contribution in [0.4, 0.5) is 4.39 Å². The smallest absolute Gasteiger partial charge is 0.244 e. The van der Waals surface area contributed by atoms with E-state index in [0.29, 0.717) is 30.1 Å². The molecule has 1 aromatic carbocycles. The van der Waals surface area contributed by atoms with Gasteiger partial charge in [0.1, 0.15) is 23.0 Å². The van der Waals surface area contributed by atoms with E-state index in [1.165, 1.54) is 18.3 Å². The van der Waals surface area contributed by atoms with Gasteiger partial charge in [-0.3, -0.25) is 4.79 Å². The lowest BCUT2D eigenvalue weighted by molar-refractivity contribution is -0.116. The third-order valence-corrected chi connectivity index (χ3v) is 4.00. The molecule has 0 aliphatic heterocycles. The second kappa shape index (κ2) is 8.35. The van der Waals surface area contributed by atoms with E-state index in [0.717, 1.165) is 11.3 Å². The molecule has 0 unspecified atom stereocenters. The summed E-state index contributed by atoms with van der Waals surface area (Å²) in [5.74, 6) is 0.781. The van der Waals surface area contributed by atoms with Crippen LogP contribution in [0.15, 0.2) is 48.8 Å². The number of hydrogen-bond donors (Lipinski definition) is 1. The van der Waals surface area contributed by atoms with Crippen molar-refractivity contribution >= 4 is 17.6 Å². The van der Waals surface area contributed by atoms with Crippen molar-refractivity contribution in [3.05, 3.63) is 65.9 Å². The molecule has 0 saturated carbocycles. The molecule has 0 atom stereocenters. The molecule has 1 amide bonds. The molecule has 0 bridgehead atoms. The summed E-state index contributed by atoms with van der Waals surface area (Å²) in [6.07, 6.45) is 6.78. The number of carbonyl (C=O) groups excluding carboxylic acids is 1. The highest BCUT2D eigenvalue weighted by Crippen LogP contribution is 2.24. The zero-order chi connectivity index (χ0) is 19.2. The topological polar surface area (TPSA) is 64.9 Å². The summed E-state index contributed by atoms with van der Waals surface area (Å²) in [4.78, 5) is 16.4. The summed E-state index contributed by atoms with van der Waals surface area (Å²) >= 11 is 0. The van der Waals surface area contributed by atoms with E-state index >= 15 is 0 Å². The molecule has 0 radical (unpaired) electrons. The van der Waals surface area contributed by atoms with Gasteiger partial charge in [-0.2, -0.15) is 0 Å². The fourth-order valence-electron chi connectivity index (χ4n) is 2.65. The maximum absolute atomic E-state index is 13.2. The Hall–Kier alpha value is -3.35. The van der Waals surface area contributed by atoms with Crippen molar-refractivity contribution in [3.63, 3.8) is 0 Å². The predicted octanol–water partition coefficient (Wildman–Crippen LogP) is 2.86. The normalized spacial score (nSPS) is 11.1. The van der Waals surface area contributed by atoms with Crippen LogP contribution in [0, 0.1) is 5.82 Å². The number of ether oxygens (including phenoxy) is 2. The van der Waals surface area contributed by atoms with E-state index in [9.17, 15) is 9.18 Å². The number of amides is 1. The van der Waals surface area contributed by atoms with E-state index in [1.54, 1.807) is 55.2 Å². The summed E-state index contributed by atoms with van der Waals surface area (Å²) in [6, 6.07) is 8.34. The Morgan fingerprint density at radius 2 is 2.07 bits per heavy atom. The lowest BCUT2D eigenvalue weighted by atomic mass is 10.1. The Balaban J connectivity index is 1.57. The van der Waals surface area contributed by atoms with Gasteiger partial charge in [0.2, 0.25) is 5.91 Å². The van der Waals surface area contributed by atoms with Crippen molar-refractivity contribution in [3.8, 4) is 11.5 Å². The number of nitrogens with zero attached hydrogens (tertiary/aromatic N) is 2. The fourth-order valence-corrected chi connectivity index (χ4v) is 2.65. The van der Waals surface area contributed by atoms with Crippen LogP contribution >= 0.6 is 0 Å². The molecule has 0 fully saturated rings. The third kappa shape index (κ3) is 4.63. The van der Waals surface area contributed by atoms with Crippen LogP contribution in [0.25, 0.3) is 11.7 Å². The number of rotatable bonds is 7. The van der Waals surface area contributed by atoms with Gasteiger partial charge < -0.3 is 19.2 Å². The minimum atomic E-state index is -0.321. The molecular formula is C20H20FN3O3. The molecule has 3 aromatic rings. The number of aromatic nitrogens is 2. The van der Waals surface area contributed by atoms with E-state index in [2.05, 4.69) is 10.3 Å². The standard InChI is InChI=1S/C20H20FN3O3/c1-26-17-5-6-18(27-2)14(11-17)3-8-20(25)22-10-9-16-13-24-12-15(21)4-7-19(24)23-16/h3-8,11-13H,9-10H2,1-2H3,(H,22,25)/b8-3+. The van der Waals surface area contributed by atoms with E-state index in [1.807, 2.05) is 0 Å². The number of fused-ring (bicyclic) bond motifs is 1. The molecule has 1 N–H and O–H groups in total. The zero-order valence-electron chi connectivity index (χ0n) is 15.1. The Labute approximate surface area is 156 Å². The molecule has 27 heavy (non-hydrogen) atoms. The molecule has 140 valence electrons. The van der Waals surface area contributed by atoms with Crippen LogP contribution in [-0.4, -0.2) is 36.1 Å². The molecule has 0 aliphatic carbocycles. The number of halogens is 1. The van der Waals surface area contributed by atoms with Gasteiger partial charge in [0.25, 0.3) is 0 Å². The number of nitrogens with one attached hydrogen (secondary N) is 1. The van der Waals surface area contributed by atoms with Crippen molar-refractivity contribution < 1.29 is 18.7 Å². The fraction of sp³-hybridized carbons (Fsp3) is 0.200. The van der Waals surface area contributed by atoms with Crippen molar-refractivity contribution in [2.75, 3.05) is 20.8 Å². The Bertz CT molecular complexity index is 982. The van der Waals surface area contributed by atoms with Gasteiger partial charge >= 0.3 is 0 Å². The summed E-state index contributed by atoms with van der Waals surface area (Å²) in [5, 5.41) is 2.80. The highest BCUT2D eigenvalue weighted by Gasteiger charge is 2.05. The largest absolute Gasteiger partial charge is 0.497 e. The summed E-state index contributed by atoms with van der Waals surface area (Å²) in [6.45, 7) is 0.421. The summed E-state index contributed by atoms with van der Waals surface area (Å²) < 4.78 is 25.3. The molecule has 0 aliphatic rings. The average molecular weight is 369 g/mol. The number of pyridine rings is 1. The number of carbonyl (C=O) groups is 1. The Morgan fingerprint density at radius 3 is 2.85 bits per heavy atom. The first kappa shape index (κ1) is 18.4. The number of hydrogen-bond acceptors (Lipinski definition) is 4. The molecule has 7 heteroatoms. The molecule has 0 spiro atoms. The first-order valence-corrected chi connectivity index (χ1v) is 8.40. The number of methoxy groups -OCH3 is 2. The van der Waals surface area contributed by atoms with Crippen LogP contribution in [-0.2, 0) is 11.2 Å². The molecular weight excluding hydrogens is 349 g/mol. The molecule has 2 aromatic heterocycles. The number of imidazole rings is 1.